The molecule has 45 heavy (non-hydrogen) atoms. The van der Waals surface area contributed by atoms with E-state index in [-0.39, 0.29) is 18.2 Å². The zero-order chi connectivity index (χ0) is 31.9. The van der Waals surface area contributed by atoms with Gasteiger partial charge in [-0.25, -0.2) is 4.98 Å². The predicted octanol–water partition coefficient (Wildman–Crippen LogP) is 8.36. The van der Waals surface area contributed by atoms with Crippen LogP contribution in [0, 0.1) is 5.92 Å². The van der Waals surface area contributed by atoms with Crippen LogP contribution in [0.2, 0.25) is 5.02 Å². The molecule has 2 atom stereocenters. The Labute approximate surface area is 278 Å². The van der Waals surface area contributed by atoms with E-state index < -0.39 is 6.04 Å². The van der Waals surface area contributed by atoms with Crippen molar-refractivity contribution in [3.63, 3.8) is 0 Å². The second-order valence-corrected chi connectivity index (χ2v) is 12.5. The quantitative estimate of drug-likeness (QED) is 0.189. The molecule has 5 rings (SSSR count). The fraction of sp³-hybridized carbons (Fsp3) is 0.306. The Balaban J connectivity index is 1.46. The van der Waals surface area contributed by atoms with Crippen molar-refractivity contribution in [2.75, 3.05) is 13.7 Å². The molecule has 1 amide bonds. The normalized spacial score (nSPS) is 19.3. The standard InChI is InChI=1S/C36H37BrClN5O2/c1-5-25-19-27-9-13-30(45-4)20-31(27)36(26-7-11-29(38)12-8-26)41-33(23(3)43-42-22(25)2)21-35(44)39-17-16-24-6-14-32-28(18-24)10-15-34(37)40-32/h6-15,18,20,25,36H,5,16-17,19,21H2,1-4H3,(H,39,44)/b41-33?,42-22+,43-23-. The van der Waals surface area contributed by atoms with Crippen molar-refractivity contribution in [1.82, 2.24) is 10.3 Å². The number of carbonyl (C=O) groups is 1. The lowest BCUT2D eigenvalue weighted by atomic mass is 9.87. The average Bonchev–Trinajstić information content (AvgIpc) is 3.06. The number of nitrogens with zero attached hydrogens (tertiary/aromatic N) is 4. The number of hydrogen-bond donors (Lipinski definition) is 1. The third-order valence-electron chi connectivity index (χ3n) is 8.23. The molecule has 2 unspecified atom stereocenters. The van der Waals surface area contributed by atoms with Crippen molar-refractivity contribution in [1.29, 1.82) is 0 Å². The van der Waals surface area contributed by atoms with Gasteiger partial charge in [0, 0.05) is 28.6 Å². The maximum Gasteiger partial charge on any atom is 0.226 e. The number of methoxy groups -OCH3 is 1. The van der Waals surface area contributed by atoms with Crippen LogP contribution in [0.1, 0.15) is 61.9 Å². The van der Waals surface area contributed by atoms with Gasteiger partial charge in [-0.15, -0.1) is 0 Å². The first-order chi connectivity index (χ1) is 21.7. The van der Waals surface area contributed by atoms with Gasteiger partial charge in [-0.3, -0.25) is 9.79 Å². The summed E-state index contributed by atoms with van der Waals surface area (Å²) >= 11 is 9.70. The largest absolute Gasteiger partial charge is 0.497 e. The highest BCUT2D eigenvalue weighted by Crippen LogP contribution is 2.35. The van der Waals surface area contributed by atoms with Crippen LogP contribution in [-0.2, 0) is 17.6 Å². The topological polar surface area (TPSA) is 88.3 Å². The molecule has 9 heteroatoms. The SMILES string of the molecule is CCC1Cc2ccc(OC)cc2C(c2ccc(Cl)cc2)N=C(CC(=O)NCCc2ccc3nc(Br)ccc3c2)/C(C)=N\N=C\1C. The molecule has 3 aromatic carbocycles. The zero-order valence-corrected chi connectivity index (χ0v) is 28.3. The number of fused-ring (bicyclic) bond motifs is 2. The Kier molecular flexibility index (Phi) is 10.8. The van der Waals surface area contributed by atoms with Crippen LogP contribution in [0.25, 0.3) is 10.9 Å². The van der Waals surface area contributed by atoms with Gasteiger partial charge in [0.1, 0.15) is 16.4 Å². The van der Waals surface area contributed by atoms with Crippen LogP contribution in [0.4, 0.5) is 0 Å². The Morgan fingerprint density at radius 3 is 2.58 bits per heavy atom. The van der Waals surface area contributed by atoms with Gasteiger partial charge in [-0.2, -0.15) is 10.2 Å². The van der Waals surface area contributed by atoms with Gasteiger partial charge in [-0.05, 0) is 114 Å². The summed E-state index contributed by atoms with van der Waals surface area (Å²) in [5.41, 5.74) is 7.33. The number of carbonyl (C=O) groups excluding carboxylic acids is 1. The van der Waals surface area contributed by atoms with Crippen molar-refractivity contribution in [2.24, 2.45) is 21.1 Å². The molecule has 1 aliphatic heterocycles. The summed E-state index contributed by atoms with van der Waals surface area (Å²) in [5, 5.41) is 14.0. The highest BCUT2D eigenvalue weighted by molar-refractivity contribution is 9.10. The first kappa shape index (κ1) is 32.5. The van der Waals surface area contributed by atoms with E-state index >= 15 is 0 Å². The predicted molar refractivity (Wildman–Crippen MR) is 188 cm³/mol. The molecule has 0 radical (unpaired) electrons. The summed E-state index contributed by atoms with van der Waals surface area (Å²) < 4.78 is 6.45. The smallest absolute Gasteiger partial charge is 0.226 e. The van der Waals surface area contributed by atoms with Gasteiger partial charge in [-0.1, -0.05) is 48.9 Å². The Bertz CT molecular complexity index is 1780. The van der Waals surface area contributed by atoms with Gasteiger partial charge >= 0.3 is 0 Å². The van der Waals surface area contributed by atoms with E-state index in [1.54, 1.807) is 7.11 Å². The molecule has 7 nitrogen and oxygen atoms in total. The van der Waals surface area contributed by atoms with Crippen LogP contribution in [0.15, 0.2) is 92.6 Å². The molecule has 0 spiro atoms. The highest BCUT2D eigenvalue weighted by Gasteiger charge is 2.24. The molecule has 1 aliphatic rings. The number of nitrogens with one attached hydrogen (secondary N) is 1. The Hall–Kier alpha value is -3.88. The molecule has 0 bridgehead atoms. The molecule has 1 N–H and O–H groups in total. The fourth-order valence-corrected chi connectivity index (χ4v) is 5.99. The maximum absolute atomic E-state index is 13.4. The van der Waals surface area contributed by atoms with Crippen LogP contribution in [-0.4, -0.2) is 41.7 Å². The zero-order valence-electron chi connectivity index (χ0n) is 26.0. The van der Waals surface area contributed by atoms with Crippen LogP contribution in [0.3, 0.4) is 0 Å². The molecule has 232 valence electrons. The molecule has 2 heterocycles. The fourth-order valence-electron chi connectivity index (χ4n) is 5.54. The summed E-state index contributed by atoms with van der Waals surface area (Å²) in [6, 6.07) is 23.6. The molecule has 1 aromatic heterocycles. The minimum Gasteiger partial charge on any atom is -0.497 e. The van der Waals surface area contributed by atoms with E-state index in [0.29, 0.717) is 29.4 Å². The molecular formula is C36H37BrClN5O2. The molecule has 0 aliphatic carbocycles. The minimum absolute atomic E-state index is 0.0696. The number of aromatic nitrogens is 1. The van der Waals surface area contributed by atoms with Gasteiger partial charge in [0.05, 0.1) is 30.5 Å². The van der Waals surface area contributed by atoms with Crippen molar-refractivity contribution in [2.45, 2.75) is 52.5 Å². The second kappa shape index (κ2) is 14.9. The third-order valence-corrected chi connectivity index (χ3v) is 8.92. The molecule has 4 aromatic rings. The number of ether oxygens (including phenoxy) is 1. The van der Waals surface area contributed by atoms with Crippen molar-refractivity contribution in [3.05, 3.63) is 105 Å². The number of rotatable bonds is 8. The van der Waals surface area contributed by atoms with E-state index in [2.05, 4.69) is 61.6 Å². The van der Waals surface area contributed by atoms with E-state index in [9.17, 15) is 4.79 Å². The first-order valence-electron chi connectivity index (χ1n) is 15.1. The Morgan fingerprint density at radius 2 is 1.82 bits per heavy atom. The second-order valence-electron chi connectivity index (χ2n) is 11.3. The van der Waals surface area contributed by atoms with Gasteiger partial charge in [0.15, 0.2) is 0 Å². The molecular weight excluding hydrogens is 650 g/mol. The van der Waals surface area contributed by atoms with Crippen molar-refractivity contribution in [3.8, 4) is 5.75 Å². The molecule has 0 saturated heterocycles. The van der Waals surface area contributed by atoms with Gasteiger partial charge < -0.3 is 10.1 Å². The highest BCUT2D eigenvalue weighted by atomic mass is 79.9. The number of aliphatic imine (C=N–C) groups is 1. The van der Waals surface area contributed by atoms with Crippen LogP contribution < -0.4 is 10.1 Å². The minimum atomic E-state index is -0.400. The Morgan fingerprint density at radius 1 is 1.02 bits per heavy atom. The third kappa shape index (κ3) is 8.24. The van der Waals surface area contributed by atoms with Gasteiger partial charge in [0.25, 0.3) is 0 Å². The summed E-state index contributed by atoms with van der Waals surface area (Å²) in [7, 11) is 1.67. The number of benzene rings is 3. The lowest BCUT2D eigenvalue weighted by Gasteiger charge is -2.22. The lowest BCUT2D eigenvalue weighted by molar-refractivity contribution is -0.119. The summed E-state index contributed by atoms with van der Waals surface area (Å²) in [6.07, 6.45) is 2.47. The number of halogens is 2. The summed E-state index contributed by atoms with van der Waals surface area (Å²) in [4.78, 5) is 23.1. The number of amides is 1. The van der Waals surface area contributed by atoms with Crippen LogP contribution >= 0.6 is 27.5 Å². The van der Waals surface area contributed by atoms with Crippen molar-refractivity contribution >= 4 is 61.5 Å². The van der Waals surface area contributed by atoms with E-state index in [4.69, 9.17) is 21.3 Å². The average molecular weight is 687 g/mol. The summed E-state index contributed by atoms with van der Waals surface area (Å²) in [6.45, 7) is 6.55. The van der Waals surface area contributed by atoms with E-state index in [1.165, 1.54) is 0 Å². The van der Waals surface area contributed by atoms with E-state index in [1.807, 2.05) is 68.4 Å². The molecule has 0 saturated carbocycles. The van der Waals surface area contributed by atoms with Crippen LogP contribution in [0.5, 0.6) is 5.75 Å². The van der Waals surface area contributed by atoms with E-state index in [0.717, 1.165) is 62.1 Å². The molecule has 0 fully saturated rings. The number of pyridine rings is 1. The van der Waals surface area contributed by atoms with Crippen molar-refractivity contribution < 1.29 is 9.53 Å². The van der Waals surface area contributed by atoms with Gasteiger partial charge in [0.2, 0.25) is 5.91 Å². The lowest BCUT2D eigenvalue weighted by Crippen LogP contribution is -2.30. The number of hydrogen-bond acceptors (Lipinski definition) is 6. The first-order valence-corrected chi connectivity index (χ1v) is 16.3. The monoisotopic (exact) mass is 685 g/mol. The maximum atomic E-state index is 13.4. The summed E-state index contributed by atoms with van der Waals surface area (Å²) in [5.74, 6) is 0.826.